The lowest BCUT2D eigenvalue weighted by Crippen LogP contribution is -2.23. The third-order valence-corrected chi connectivity index (χ3v) is 11.6. The number of hydrogen-bond acceptors (Lipinski definition) is 4. The van der Waals surface area contributed by atoms with E-state index in [2.05, 4.69) is 11.4 Å². The predicted octanol–water partition coefficient (Wildman–Crippen LogP) is 2.97. The highest BCUT2D eigenvalue weighted by molar-refractivity contribution is 7.91. The summed E-state index contributed by atoms with van der Waals surface area (Å²) in [6, 6.07) is 13.2. The molecule has 4 nitrogen and oxygen atoms in total. The molecule has 0 spiro atoms. The molecule has 2 aromatic carbocycles. The largest absolute Gasteiger partial charge is 0.452 e. The van der Waals surface area contributed by atoms with Crippen molar-refractivity contribution in [3.05, 3.63) is 59.2 Å². The number of sulfone groups is 1. The fourth-order valence-corrected chi connectivity index (χ4v) is 9.46. The Hall–Kier alpha value is -0.868. The summed E-state index contributed by atoms with van der Waals surface area (Å²) in [7, 11) is 2.93. The maximum Gasteiger partial charge on any atom is 0.452 e. The molecule has 7 heteroatoms. The molecule has 0 bridgehead atoms. The van der Waals surface area contributed by atoms with Gasteiger partial charge < -0.3 is 10.1 Å². The summed E-state index contributed by atoms with van der Waals surface area (Å²) in [5.41, 5.74) is 3.01. The Kier molecular flexibility index (Phi) is 4.63. The minimum absolute atomic E-state index is 0.274. The monoisotopic (exact) mass is 417 g/mol. The van der Waals surface area contributed by atoms with Crippen LogP contribution in [0.2, 0.25) is 0 Å². The molecule has 0 aliphatic carbocycles. The van der Waals surface area contributed by atoms with Crippen LogP contribution in [0.4, 0.5) is 0 Å². The fourth-order valence-electron chi connectivity index (χ4n) is 4.41. The standard InChI is InChI=1S/C20H21NO3S.Al.ClH/c22-25(23)19-4-2-1-3-17(19)14-18-13-16(5-6-20(18)25)15-7-9-21-10-12-24-11-8-15;;/h1-6,10,12-13,15,21H,7-9,11,14H2;;1H/q;+1;/p-1. The molecular weight excluding hydrogens is 397 g/mol. The first-order valence-electron chi connectivity index (χ1n) is 9.50. The lowest BCUT2D eigenvalue weighted by Gasteiger charge is -2.23. The molecule has 0 radical (unpaired) electrons. The van der Waals surface area contributed by atoms with E-state index in [0.717, 1.165) is 37.1 Å². The van der Waals surface area contributed by atoms with Gasteiger partial charge in [-0.05, 0) is 59.0 Å². The summed E-state index contributed by atoms with van der Waals surface area (Å²) in [5, 5.41) is 3.55. The van der Waals surface area contributed by atoms with Crippen LogP contribution in [0.1, 0.15) is 35.4 Å². The van der Waals surface area contributed by atoms with Gasteiger partial charge in [0.2, 0.25) is 9.84 Å². The molecule has 0 amide bonds. The third kappa shape index (κ3) is 3.17. The minimum atomic E-state index is -3.42. The second-order valence-electron chi connectivity index (χ2n) is 7.69. The number of halogens is 1. The second-order valence-corrected chi connectivity index (χ2v) is 13.4. The van der Waals surface area contributed by atoms with Gasteiger partial charge in [0.05, 0.1) is 9.79 Å². The summed E-state index contributed by atoms with van der Waals surface area (Å²) in [6.45, 7) is 1.66. The van der Waals surface area contributed by atoms with Gasteiger partial charge in [-0.2, -0.15) is 0 Å². The van der Waals surface area contributed by atoms with E-state index in [1.807, 2.05) is 18.2 Å². The molecule has 2 saturated heterocycles. The van der Waals surface area contributed by atoms with E-state index in [4.69, 9.17) is 14.8 Å². The Labute approximate surface area is 168 Å². The molecule has 3 heterocycles. The highest BCUT2D eigenvalue weighted by atomic mass is 35.6. The van der Waals surface area contributed by atoms with Crippen molar-refractivity contribution in [1.82, 2.24) is 5.32 Å². The molecule has 2 fully saturated rings. The highest BCUT2D eigenvalue weighted by Gasteiger charge is 2.57. The number of nitrogens with one attached hydrogen (secondary N) is 1. The first-order valence-corrected chi connectivity index (χ1v) is 14.1. The van der Waals surface area contributed by atoms with Crippen molar-refractivity contribution in [2.45, 2.75) is 44.8 Å². The topological polar surface area (TPSA) is 55.4 Å². The van der Waals surface area contributed by atoms with E-state index in [9.17, 15) is 8.42 Å². The summed E-state index contributed by atoms with van der Waals surface area (Å²) < 4.78 is 31.9. The molecule has 3 unspecified atom stereocenters. The summed E-state index contributed by atoms with van der Waals surface area (Å²) in [6.07, 6.45) is 2.64. The normalized spacial score (nSPS) is 28.8. The zero-order chi connectivity index (χ0) is 18.6. The van der Waals surface area contributed by atoms with Crippen LogP contribution in [0.5, 0.6) is 0 Å². The maximum absolute atomic E-state index is 13.0. The third-order valence-electron chi connectivity index (χ3n) is 6.01. The van der Waals surface area contributed by atoms with Crippen molar-refractivity contribution in [3.8, 4) is 0 Å². The fraction of sp³-hybridized carbons (Fsp3) is 0.400. The molecule has 2 aromatic rings. The van der Waals surface area contributed by atoms with Crippen LogP contribution in [-0.4, -0.2) is 44.7 Å². The van der Waals surface area contributed by atoms with Gasteiger partial charge >= 0.3 is 13.2 Å². The molecule has 140 valence electrons. The van der Waals surface area contributed by atoms with Crippen LogP contribution in [0.3, 0.4) is 0 Å². The van der Waals surface area contributed by atoms with Gasteiger partial charge in [-0.15, -0.1) is 0 Å². The quantitative estimate of drug-likeness (QED) is 0.618. The molecule has 0 aromatic heterocycles. The van der Waals surface area contributed by atoms with E-state index in [1.54, 1.807) is 18.2 Å². The van der Waals surface area contributed by atoms with Gasteiger partial charge in [0.1, 0.15) is 0 Å². The first-order chi connectivity index (χ1) is 13.1. The Balaban J connectivity index is 1.43. The van der Waals surface area contributed by atoms with Crippen molar-refractivity contribution >= 4 is 33.1 Å². The van der Waals surface area contributed by atoms with E-state index >= 15 is 0 Å². The number of rotatable bonds is 1. The minimum Gasteiger partial charge on any atom is -0.391 e. The van der Waals surface area contributed by atoms with Crippen LogP contribution in [0.15, 0.2) is 52.3 Å². The molecular formula is C20H21AlClNO3S. The number of benzene rings is 2. The van der Waals surface area contributed by atoms with Crippen LogP contribution >= 0.6 is 10.0 Å². The molecule has 3 aliphatic rings. The Morgan fingerprint density at radius 1 is 1.07 bits per heavy atom. The van der Waals surface area contributed by atoms with Gasteiger partial charge in [0.15, 0.2) is 0 Å². The molecule has 1 N–H and O–H groups in total. The van der Waals surface area contributed by atoms with Crippen molar-refractivity contribution in [1.29, 1.82) is 0 Å². The Bertz CT molecular complexity index is 980. The summed E-state index contributed by atoms with van der Waals surface area (Å²) >= 11 is -1.22. The van der Waals surface area contributed by atoms with Crippen molar-refractivity contribution in [3.63, 3.8) is 0 Å². The lowest BCUT2D eigenvalue weighted by molar-refractivity contribution is 0.122. The molecule has 3 atom stereocenters. The molecule has 0 saturated carbocycles. The number of hydrogen-bond donors (Lipinski definition) is 1. The van der Waals surface area contributed by atoms with Crippen LogP contribution in [0, 0.1) is 0 Å². The van der Waals surface area contributed by atoms with Gasteiger partial charge in [-0.3, -0.25) is 10.0 Å². The maximum atomic E-state index is 13.0. The lowest BCUT2D eigenvalue weighted by atomic mass is 9.90. The zero-order valence-electron chi connectivity index (χ0n) is 14.9. The van der Waals surface area contributed by atoms with Gasteiger partial charge in [0.25, 0.3) is 0 Å². The Morgan fingerprint density at radius 2 is 1.89 bits per heavy atom. The van der Waals surface area contributed by atoms with Crippen LogP contribution in [-0.2, 0) is 21.0 Å². The van der Waals surface area contributed by atoms with Crippen molar-refractivity contribution < 1.29 is 13.2 Å². The van der Waals surface area contributed by atoms with Gasteiger partial charge in [0, 0.05) is 18.0 Å². The van der Waals surface area contributed by atoms with Crippen LogP contribution < -0.4 is 5.32 Å². The van der Waals surface area contributed by atoms with Gasteiger partial charge in [-0.1, -0.05) is 30.3 Å². The van der Waals surface area contributed by atoms with E-state index < -0.39 is 23.1 Å². The van der Waals surface area contributed by atoms with E-state index in [-0.39, 0.29) is 4.97 Å². The van der Waals surface area contributed by atoms with E-state index in [0.29, 0.717) is 27.0 Å². The predicted molar refractivity (Wildman–Crippen MR) is 106 cm³/mol. The average molecular weight is 418 g/mol. The van der Waals surface area contributed by atoms with E-state index in [1.165, 1.54) is 5.56 Å². The number of ether oxygens (including phenoxy) is 1. The Morgan fingerprint density at radius 3 is 2.78 bits per heavy atom. The second kappa shape index (κ2) is 6.88. The van der Waals surface area contributed by atoms with Crippen LogP contribution in [0.25, 0.3) is 0 Å². The average Bonchev–Trinajstić information content (AvgIpc) is 3.24. The molecule has 27 heavy (non-hydrogen) atoms. The summed E-state index contributed by atoms with van der Waals surface area (Å²) in [5.74, 6) is 0.371. The highest BCUT2D eigenvalue weighted by Crippen LogP contribution is 2.37. The van der Waals surface area contributed by atoms with Crippen molar-refractivity contribution in [2.24, 2.45) is 0 Å². The smallest absolute Gasteiger partial charge is 0.391 e. The van der Waals surface area contributed by atoms with Crippen molar-refractivity contribution in [2.75, 3.05) is 13.2 Å². The summed E-state index contributed by atoms with van der Waals surface area (Å²) in [4.78, 5) is 1.59. The van der Waals surface area contributed by atoms with Gasteiger partial charge in [-0.25, -0.2) is 8.42 Å². The molecule has 5 rings (SSSR count). The molecule has 3 aliphatic heterocycles. The zero-order valence-corrected chi connectivity index (χ0v) is 17.6. The number of fused-ring (bicyclic) bond motifs is 3. The SMILES string of the molecule is O=S1(=O)c2ccccc2Cc2cc(C3CCN[CH]4[CH](OCC3)[Al]4[Cl])ccc21. The first kappa shape index (κ1) is 18.2.